The van der Waals surface area contributed by atoms with Crippen molar-refractivity contribution in [1.82, 2.24) is 0 Å². The lowest BCUT2D eigenvalue weighted by molar-refractivity contribution is -0.142. The van der Waals surface area contributed by atoms with Crippen molar-refractivity contribution in [1.29, 1.82) is 0 Å². The summed E-state index contributed by atoms with van der Waals surface area (Å²) in [6.45, 7) is 4.91. The van der Waals surface area contributed by atoms with Crippen molar-refractivity contribution in [3.63, 3.8) is 0 Å². The smallest absolute Gasteiger partial charge is 0.306 e. The number of hydrogen-bond donors (Lipinski definition) is 1. The van der Waals surface area contributed by atoms with Crippen LogP contribution in [0.2, 0.25) is 0 Å². The second-order valence-electron chi connectivity index (χ2n) is 5.74. The minimum Gasteiger partial charge on any atom is -0.493 e. The van der Waals surface area contributed by atoms with Crippen LogP contribution in [0.3, 0.4) is 0 Å². The molecule has 0 saturated heterocycles. The molecule has 1 aliphatic heterocycles. The van der Waals surface area contributed by atoms with Gasteiger partial charge >= 0.3 is 5.97 Å². The van der Waals surface area contributed by atoms with E-state index >= 15 is 0 Å². The number of aliphatic carboxylic acids is 1. The Morgan fingerprint density at radius 1 is 1.42 bits per heavy atom. The second kappa shape index (κ2) is 6.09. The van der Waals surface area contributed by atoms with Crippen LogP contribution < -0.4 is 4.74 Å². The maximum absolute atomic E-state index is 11.2. The van der Waals surface area contributed by atoms with Crippen LogP contribution in [0, 0.1) is 11.8 Å². The highest BCUT2D eigenvalue weighted by molar-refractivity contribution is 5.69. The molecule has 0 radical (unpaired) electrons. The fraction of sp³-hybridized carbons (Fsp3) is 0.562. The zero-order chi connectivity index (χ0) is 13.8. The Morgan fingerprint density at radius 3 is 2.89 bits per heavy atom. The molecule has 1 aromatic carbocycles. The molecule has 2 rings (SSSR count). The van der Waals surface area contributed by atoms with Crippen LogP contribution in [0.25, 0.3) is 0 Å². The number of ether oxygens (including phenoxy) is 1. The van der Waals surface area contributed by atoms with E-state index in [4.69, 9.17) is 4.74 Å². The van der Waals surface area contributed by atoms with Crippen molar-refractivity contribution in [3.05, 3.63) is 29.3 Å². The van der Waals surface area contributed by atoms with Gasteiger partial charge in [0.05, 0.1) is 12.5 Å². The normalized spacial score (nSPS) is 15.1. The number of carboxylic acids is 1. The second-order valence-corrected chi connectivity index (χ2v) is 5.74. The maximum Gasteiger partial charge on any atom is 0.306 e. The molecule has 104 valence electrons. The topological polar surface area (TPSA) is 46.5 Å². The van der Waals surface area contributed by atoms with E-state index in [1.165, 1.54) is 11.1 Å². The van der Waals surface area contributed by atoms with Gasteiger partial charge in [-0.3, -0.25) is 4.79 Å². The highest BCUT2D eigenvalue weighted by atomic mass is 16.5. The highest BCUT2D eigenvalue weighted by Crippen LogP contribution is 2.27. The quantitative estimate of drug-likeness (QED) is 0.855. The first-order chi connectivity index (χ1) is 9.06. The van der Waals surface area contributed by atoms with Crippen LogP contribution in [0.15, 0.2) is 18.2 Å². The lowest BCUT2D eigenvalue weighted by Crippen LogP contribution is -2.16. The summed E-state index contributed by atoms with van der Waals surface area (Å²) in [5.74, 6) is 0.512. The molecule has 3 nitrogen and oxygen atoms in total. The van der Waals surface area contributed by atoms with Crippen LogP contribution in [-0.4, -0.2) is 17.7 Å². The van der Waals surface area contributed by atoms with Gasteiger partial charge in [0.2, 0.25) is 0 Å². The fourth-order valence-electron chi connectivity index (χ4n) is 2.65. The molecule has 1 heterocycles. The largest absolute Gasteiger partial charge is 0.493 e. The number of fused-ring (bicyclic) bond motifs is 1. The Labute approximate surface area is 114 Å². The maximum atomic E-state index is 11.2. The third-order valence-corrected chi connectivity index (χ3v) is 3.64. The van der Waals surface area contributed by atoms with Gasteiger partial charge in [-0.05, 0) is 42.4 Å². The van der Waals surface area contributed by atoms with Gasteiger partial charge in [-0.1, -0.05) is 26.0 Å². The van der Waals surface area contributed by atoms with Crippen LogP contribution >= 0.6 is 0 Å². The lowest BCUT2D eigenvalue weighted by atomic mass is 9.91. The monoisotopic (exact) mass is 262 g/mol. The zero-order valence-electron chi connectivity index (χ0n) is 11.7. The number of aryl methyl sites for hydroxylation is 1. The molecule has 1 aliphatic rings. The third-order valence-electron chi connectivity index (χ3n) is 3.64. The van der Waals surface area contributed by atoms with Gasteiger partial charge in [-0.15, -0.1) is 0 Å². The first-order valence-electron chi connectivity index (χ1n) is 7.03. The van der Waals surface area contributed by atoms with Gasteiger partial charge in [0, 0.05) is 6.42 Å². The minimum atomic E-state index is -0.668. The van der Waals surface area contributed by atoms with Crippen molar-refractivity contribution in [2.75, 3.05) is 6.61 Å². The predicted molar refractivity (Wildman–Crippen MR) is 74.5 cm³/mol. The summed E-state index contributed by atoms with van der Waals surface area (Å²) < 4.78 is 5.48. The molecule has 0 fully saturated rings. The Morgan fingerprint density at radius 2 is 2.21 bits per heavy atom. The number of carboxylic acid groups (broad SMARTS) is 1. The van der Waals surface area contributed by atoms with Crippen molar-refractivity contribution in [2.45, 2.75) is 39.5 Å². The molecule has 1 unspecified atom stereocenters. The summed E-state index contributed by atoms with van der Waals surface area (Å²) in [6.07, 6.45) is 3.27. The van der Waals surface area contributed by atoms with E-state index in [0.717, 1.165) is 31.6 Å². The van der Waals surface area contributed by atoms with Crippen molar-refractivity contribution in [3.8, 4) is 5.75 Å². The number of hydrogen-bond acceptors (Lipinski definition) is 2. The Hall–Kier alpha value is -1.51. The van der Waals surface area contributed by atoms with E-state index < -0.39 is 5.97 Å². The third kappa shape index (κ3) is 3.72. The molecular formula is C16H22O3. The van der Waals surface area contributed by atoms with Gasteiger partial charge < -0.3 is 9.84 Å². The lowest BCUT2D eigenvalue weighted by Gasteiger charge is -2.14. The molecule has 19 heavy (non-hydrogen) atoms. The summed E-state index contributed by atoms with van der Waals surface area (Å²) >= 11 is 0. The van der Waals surface area contributed by atoms with E-state index in [2.05, 4.69) is 26.0 Å². The molecular weight excluding hydrogens is 240 g/mol. The Kier molecular flexibility index (Phi) is 4.46. The van der Waals surface area contributed by atoms with E-state index in [1.54, 1.807) is 0 Å². The highest BCUT2D eigenvalue weighted by Gasteiger charge is 2.19. The zero-order valence-corrected chi connectivity index (χ0v) is 11.7. The van der Waals surface area contributed by atoms with E-state index in [-0.39, 0.29) is 5.92 Å². The van der Waals surface area contributed by atoms with Gasteiger partial charge in [-0.2, -0.15) is 0 Å². The number of benzene rings is 1. The summed E-state index contributed by atoms with van der Waals surface area (Å²) in [4.78, 5) is 11.2. The SMILES string of the molecule is CC(C)CC(CCc1ccc2c(c1)CCO2)C(=O)O. The average Bonchev–Trinajstić information content (AvgIpc) is 2.80. The standard InChI is InChI=1S/C16H22O3/c1-11(2)9-14(16(17)18)5-3-12-4-6-15-13(10-12)7-8-19-15/h4,6,10-11,14H,3,5,7-9H2,1-2H3,(H,17,18). The number of rotatable bonds is 6. The summed E-state index contributed by atoms with van der Waals surface area (Å²) in [5, 5.41) is 9.24. The molecule has 0 aliphatic carbocycles. The van der Waals surface area contributed by atoms with Crippen LogP contribution in [0.5, 0.6) is 5.75 Å². The number of carbonyl (C=O) groups is 1. The van der Waals surface area contributed by atoms with Gasteiger partial charge in [0.15, 0.2) is 0 Å². The molecule has 0 bridgehead atoms. The molecule has 1 N–H and O–H groups in total. The van der Waals surface area contributed by atoms with Gasteiger partial charge in [-0.25, -0.2) is 0 Å². The molecule has 0 spiro atoms. The van der Waals surface area contributed by atoms with Gasteiger partial charge in [0.1, 0.15) is 5.75 Å². The first kappa shape index (κ1) is 13.9. The fourth-order valence-corrected chi connectivity index (χ4v) is 2.65. The molecule has 0 amide bonds. The first-order valence-corrected chi connectivity index (χ1v) is 7.03. The molecule has 1 atom stereocenters. The van der Waals surface area contributed by atoms with E-state index in [1.807, 2.05) is 6.07 Å². The summed E-state index contributed by atoms with van der Waals surface area (Å²) in [7, 11) is 0. The Bertz CT molecular complexity index is 451. The molecule has 0 aromatic heterocycles. The van der Waals surface area contributed by atoms with Crippen molar-refractivity contribution in [2.24, 2.45) is 11.8 Å². The van der Waals surface area contributed by atoms with Crippen LogP contribution in [-0.2, 0) is 17.6 Å². The molecule has 3 heteroatoms. The molecule has 1 aromatic rings. The predicted octanol–water partition coefficient (Wildman–Crippen LogP) is 3.30. The summed E-state index contributed by atoms with van der Waals surface area (Å²) in [5.41, 5.74) is 2.48. The summed E-state index contributed by atoms with van der Waals surface area (Å²) in [6, 6.07) is 6.23. The van der Waals surface area contributed by atoms with Gasteiger partial charge in [0.25, 0.3) is 0 Å². The van der Waals surface area contributed by atoms with Crippen molar-refractivity contribution >= 4 is 5.97 Å². The van der Waals surface area contributed by atoms with Crippen LogP contribution in [0.4, 0.5) is 0 Å². The average molecular weight is 262 g/mol. The molecule has 0 saturated carbocycles. The van der Waals surface area contributed by atoms with E-state index in [0.29, 0.717) is 12.3 Å². The van der Waals surface area contributed by atoms with E-state index in [9.17, 15) is 9.90 Å². The van der Waals surface area contributed by atoms with Crippen molar-refractivity contribution < 1.29 is 14.6 Å². The minimum absolute atomic E-state index is 0.232. The Balaban J connectivity index is 1.95. The van der Waals surface area contributed by atoms with Crippen LogP contribution in [0.1, 0.15) is 37.8 Å².